The van der Waals surface area contributed by atoms with Crippen LogP contribution in [-0.2, 0) is 0 Å². The lowest BCUT2D eigenvalue weighted by atomic mass is 10.1. The molecular formula is C23H21Cl2FN6O2. The molecule has 1 aliphatic heterocycles. The largest absolute Gasteiger partial charge is 0.493 e. The van der Waals surface area contributed by atoms with Crippen molar-refractivity contribution in [3.8, 4) is 22.8 Å². The Labute approximate surface area is 204 Å². The van der Waals surface area contributed by atoms with Crippen molar-refractivity contribution in [2.45, 2.75) is 19.6 Å². The Morgan fingerprint density at radius 1 is 1.15 bits per heavy atom. The third-order valence-electron chi connectivity index (χ3n) is 5.82. The highest BCUT2D eigenvalue weighted by Crippen LogP contribution is 2.39. The fourth-order valence-corrected chi connectivity index (χ4v) is 4.41. The quantitative estimate of drug-likeness (QED) is 0.356. The summed E-state index contributed by atoms with van der Waals surface area (Å²) in [6, 6.07) is 4.89. The number of hydrogen-bond donors (Lipinski definition) is 2. The molecule has 1 aromatic carbocycles. The summed E-state index contributed by atoms with van der Waals surface area (Å²) in [6.45, 7) is 3.36. The van der Waals surface area contributed by atoms with E-state index in [2.05, 4.69) is 20.2 Å². The number of methoxy groups -OCH3 is 1. The van der Waals surface area contributed by atoms with Gasteiger partial charge < -0.3 is 14.4 Å². The highest BCUT2D eigenvalue weighted by atomic mass is 35.5. The molecule has 3 N–H and O–H groups in total. The average molecular weight is 503 g/mol. The van der Waals surface area contributed by atoms with Gasteiger partial charge in [0.15, 0.2) is 29.4 Å². The fraction of sp³-hybridized carbons (Fsp3) is 0.261. The fourth-order valence-electron chi connectivity index (χ4n) is 3.85. The predicted octanol–water partition coefficient (Wildman–Crippen LogP) is 5.03. The summed E-state index contributed by atoms with van der Waals surface area (Å²) in [4.78, 5) is 10.3. The van der Waals surface area contributed by atoms with Crippen LogP contribution >= 0.6 is 23.2 Å². The molecule has 0 amide bonds. The van der Waals surface area contributed by atoms with Gasteiger partial charge in [0.2, 0.25) is 0 Å². The first-order valence-corrected chi connectivity index (χ1v) is 11.3. The number of H-pyrrole nitrogens is 1. The molecule has 0 spiro atoms. The molecule has 4 heterocycles. The number of benzene rings is 1. The zero-order valence-corrected chi connectivity index (χ0v) is 19.9. The molecule has 0 unspecified atom stereocenters. The summed E-state index contributed by atoms with van der Waals surface area (Å²) in [5, 5.41) is 8.62. The van der Waals surface area contributed by atoms with E-state index in [0.29, 0.717) is 55.8 Å². The Kier molecular flexibility index (Phi) is 5.93. The van der Waals surface area contributed by atoms with Crippen molar-refractivity contribution < 1.29 is 13.9 Å². The second-order valence-corrected chi connectivity index (χ2v) is 8.73. The first-order valence-electron chi connectivity index (χ1n) is 10.6. The summed E-state index contributed by atoms with van der Waals surface area (Å²) in [5.74, 6) is 0.733. The monoisotopic (exact) mass is 502 g/mol. The van der Waals surface area contributed by atoms with Gasteiger partial charge in [-0.05, 0) is 25.5 Å². The van der Waals surface area contributed by atoms with Crippen molar-refractivity contribution in [2.75, 3.05) is 25.1 Å². The smallest absolute Gasteiger partial charge is 0.177 e. The maximum Gasteiger partial charge on any atom is 0.177 e. The minimum Gasteiger partial charge on any atom is -0.493 e. The molecule has 3 aromatic heterocycles. The molecule has 0 saturated carbocycles. The van der Waals surface area contributed by atoms with Crippen LogP contribution in [0.3, 0.4) is 0 Å². The van der Waals surface area contributed by atoms with Gasteiger partial charge in [0.25, 0.3) is 0 Å². The highest BCUT2D eigenvalue weighted by Gasteiger charge is 2.23. The van der Waals surface area contributed by atoms with Crippen LogP contribution in [0.2, 0.25) is 10.0 Å². The van der Waals surface area contributed by atoms with Gasteiger partial charge in [-0.1, -0.05) is 23.2 Å². The van der Waals surface area contributed by atoms with Crippen LogP contribution in [0.25, 0.3) is 22.2 Å². The number of nitrogens with zero attached hydrogens (tertiary/aromatic N) is 4. The molecule has 0 bridgehead atoms. The van der Waals surface area contributed by atoms with E-state index in [0.717, 1.165) is 19.5 Å². The number of anilines is 1. The average Bonchev–Trinajstić information content (AvgIpc) is 3.19. The van der Waals surface area contributed by atoms with Gasteiger partial charge in [-0.2, -0.15) is 5.10 Å². The van der Waals surface area contributed by atoms with E-state index in [9.17, 15) is 4.39 Å². The maximum atomic E-state index is 14.7. The van der Waals surface area contributed by atoms with E-state index < -0.39 is 12.0 Å². The maximum absolute atomic E-state index is 14.7. The van der Waals surface area contributed by atoms with Crippen LogP contribution in [0.15, 0.2) is 30.6 Å². The van der Waals surface area contributed by atoms with Crippen LogP contribution < -0.4 is 20.1 Å². The van der Waals surface area contributed by atoms with Crippen LogP contribution in [-0.4, -0.2) is 40.4 Å². The summed E-state index contributed by atoms with van der Waals surface area (Å²) in [5.41, 5.74) is 9.04. The second kappa shape index (κ2) is 8.90. The number of halogens is 3. The summed E-state index contributed by atoms with van der Waals surface area (Å²) < 4.78 is 26.3. The van der Waals surface area contributed by atoms with Crippen molar-refractivity contribution in [1.82, 2.24) is 20.2 Å². The molecule has 11 heteroatoms. The van der Waals surface area contributed by atoms with Gasteiger partial charge in [-0.25, -0.2) is 9.37 Å². The molecule has 8 nitrogen and oxygen atoms in total. The summed E-state index contributed by atoms with van der Waals surface area (Å²) in [6.07, 6.45) is 3.14. The molecule has 1 fully saturated rings. The number of pyridine rings is 2. The molecule has 4 aromatic rings. The molecule has 0 radical (unpaired) electrons. The molecule has 1 atom stereocenters. The Bertz CT molecular complexity index is 1390. The van der Waals surface area contributed by atoms with E-state index in [4.69, 9.17) is 38.4 Å². The summed E-state index contributed by atoms with van der Waals surface area (Å²) in [7, 11) is 1.52. The molecule has 5 rings (SSSR count). The molecule has 0 aliphatic carbocycles. The number of aromatic amines is 1. The number of nitrogens with two attached hydrogens (primary N) is 1. The van der Waals surface area contributed by atoms with Crippen molar-refractivity contribution in [3.63, 3.8) is 0 Å². The third-order valence-corrected chi connectivity index (χ3v) is 6.60. The number of aromatic nitrogens is 4. The zero-order valence-electron chi connectivity index (χ0n) is 18.4. The number of nitrogens with one attached hydrogen (secondary N) is 1. The topological polar surface area (TPSA) is 102 Å². The number of aryl methyl sites for hydroxylation is 1. The van der Waals surface area contributed by atoms with Crippen molar-refractivity contribution in [3.05, 3.63) is 57.7 Å². The minimum atomic E-state index is -0.988. The predicted molar refractivity (Wildman–Crippen MR) is 129 cm³/mol. The summed E-state index contributed by atoms with van der Waals surface area (Å²) >= 11 is 12.7. The Hall–Kier alpha value is -3.14. The lowest BCUT2D eigenvalue weighted by Crippen LogP contribution is -2.38. The first-order chi connectivity index (χ1) is 16.4. The number of ether oxygens (including phenoxy) is 2. The molecule has 176 valence electrons. The minimum absolute atomic E-state index is 0.288. The van der Waals surface area contributed by atoms with Gasteiger partial charge in [-0.15, -0.1) is 0 Å². The highest BCUT2D eigenvalue weighted by molar-refractivity contribution is 6.36. The lowest BCUT2D eigenvalue weighted by molar-refractivity contribution is 0.204. The molecular weight excluding hydrogens is 482 g/mol. The van der Waals surface area contributed by atoms with Gasteiger partial charge >= 0.3 is 0 Å². The van der Waals surface area contributed by atoms with Crippen molar-refractivity contribution in [1.29, 1.82) is 0 Å². The second-order valence-electron chi connectivity index (χ2n) is 7.95. The van der Waals surface area contributed by atoms with Crippen molar-refractivity contribution in [2.24, 2.45) is 5.73 Å². The van der Waals surface area contributed by atoms with Crippen LogP contribution in [0.5, 0.6) is 11.5 Å². The Balaban J connectivity index is 1.53. The van der Waals surface area contributed by atoms with E-state index >= 15 is 0 Å². The SMILES string of the molecule is COc1cc2[nH]nc(-c3cnc(N4CCC4)c(F)c3)c2cc1O[C@H](N)c1c(Cl)cnc(C)c1Cl. The van der Waals surface area contributed by atoms with E-state index in [1.807, 2.05) is 4.90 Å². The van der Waals surface area contributed by atoms with Crippen LogP contribution in [0.4, 0.5) is 10.2 Å². The molecule has 1 aliphatic rings. The van der Waals surface area contributed by atoms with E-state index in [1.165, 1.54) is 19.4 Å². The molecule has 1 saturated heterocycles. The number of hydrogen-bond acceptors (Lipinski definition) is 7. The van der Waals surface area contributed by atoms with Crippen molar-refractivity contribution >= 4 is 39.9 Å². The van der Waals surface area contributed by atoms with Crippen LogP contribution in [0.1, 0.15) is 23.9 Å². The number of rotatable bonds is 6. The van der Waals surface area contributed by atoms with E-state index in [-0.39, 0.29) is 5.02 Å². The number of fused-ring (bicyclic) bond motifs is 1. The Morgan fingerprint density at radius 3 is 2.62 bits per heavy atom. The third kappa shape index (κ3) is 3.89. The Morgan fingerprint density at radius 2 is 1.94 bits per heavy atom. The standard InChI is InChI=1S/C23H21Cl2FN6O2/c1-11-20(25)19(14(24)10-28-11)22(27)34-18-7-13-16(8-17(18)33-2)30-31-21(13)12-6-15(26)23(29-9-12)32-4-3-5-32/h6-10,22H,3-5,27H2,1-2H3,(H,30,31)/t22-/m0/s1. The van der Waals surface area contributed by atoms with Crippen LogP contribution in [0, 0.1) is 12.7 Å². The normalized spacial score (nSPS) is 14.2. The molecule has 34 heavy (non-hydrogen) atoms. The van der Waals surface area contributed by atoms with E-state index in [1.54, 1.807) is 25.3 Å². The van der Waals surface area contributed by atoms with Gasteiger partial charge in [-0.3, -0.25) is 15.8 Å². The van der Waals surface area contributed by atoms with Gasteiger partial charge in [0.1, 0.15) is 5.69 Å². The zero-order chi connectivity index (χ0) is 24.0. The first kappa shape index (κ1) is 22.6. The van der Waals surface area contributed by atoms with Gasteiger partial charge in [0, 0.05) is 48.1 Å². The lowest BCUT2D eigenvalue weighted by Gasteiger charge is -2.32. The van der Waals surface area contributed by atoms with Gasteiger partial charge in [0.05, 0.1) is 28.4 Å².